The van der Waals surface area contributed by atoms with Crippen molar-refractivity contribution < 1.29 is 30.3 Å². The monoisotopic (exact) mass is 731 g/mol. The lowest BCUT2D eigenvalue weighted by Gasteiger charge is -2.32. The van der Waals surface area contributed by atoms with E-state index in [4.69, 9.17) is 5.73 Å². The molecule has 3 aliphatic rings. The predicted molar refractivity (Wildman–Crippen MR) is 210 cm³/mol. The van der Waals surface area contributed by atoms with E-state index >= 15 is 0 Å². The highest BCUT2D eigenvalue weighted by Crippen LogP contribution is 2.47. The number of aliphatic hydroxyl groups is 3. The van der Waals surface area contributed by atoms with E-state index in [-0.39, 0.29) is 36.0 Å². The third-order valence-electron chi connectivity index (χ3n) is 12.2. The lowest BCUT2D eigenvalue weighted by atomic mass is 9.80. The Balaban J connectivity index is 1.14. The summed E-state index contributed by atoms with van der Waals surface area (Å²) in [7, 11) is 0. The maximum absolute atomic E-state index is 12.3. The normalized spacial score (nSPS) is 26.8. The lowest BCUT2D eigenvalue weighted by Crippen LogP contribution is -2.37. The molecule has 1 aromatic heterocycles. The molecule has 2 heterocycles. The number of aliphatic carboxylic acids is 1. The summed E-state index contributed by atoms with van der Waals surface area (Å²) in [4.78, 5) is 15.8. The van der Waals surface area contributed by atoms with Crippen molar-refractivity contribution in [2.75, 3.05) is 6.54 Å². The van der Waals surface area contributed by atoms with Crippen LogP contribution in [-0.2, 0) is 17.6 Å². The topological polar surface area (TPSA) is 172 Å². The zero-order chi connectivity index (χ0) is 37.8. The fourth-order valence-corrected chi connectivity index (χ4v) is 9.17. The van der Waals surface area contributed by atoms with Crippen molar-refractivity contribution >= 4 is 5.97 Å². The average Bonchev–Trinajstić information content (AvgIpc) is 3.69. The Morgan fingerprint density at radius 3 is 2.53 bits per heavy atom. The minimum atomic E-state index is -1.04. The average molecular weight is 732 g/mol. The maximum Gasteiger partial charge on any atom is 0.309 e. The quantitative estimate of drug-likeness (QED) is 0.0490. The fraction of sp³-hybridized carbons (Fsp3) is 0.614. The number of unbranched alkanes of at least 4 members (excludes halogenated alkanes) is 4. The Bertz CT molecular complexity index is 1530. The number of nitrogens with one attached hydrogen (secondary N) is 2. The first-order valence-corrected chi connectivity index (χ1v) is 20.3. The van der Waals surface area contributed by atoms with Gasteiger partial charge in [-0.25, -0.2) is 0 Å². The van der Waals surface area contributed by atoms with Crippen LogP contribution in [0.25, 0.3) is 0 Å². The van der Waals surface area contributed by atoms with Crippen molar-refractivity contribution in [3.05, 3.63) is 89.0 Å². The van der Waals surface area contributed by atoms with Gasteiger partial charge in [-0.3, -0.25) is 4.79 Å². The summed E-state index contributed by atoms with van der Waals surface area (Å²) in [5.41, 5.74) is 9.44. The number of carboxylic acid groups (broad SMARTS) is 1. The molecule has 0 saturated heterocycles. The Kier molecular flexibility index (Phi) is 15.1. The standard InChI is InChI=1S/C44H65N3O6/c1-2-3-5-8-30-11-14-35(41(50)25-30)9-6-4-7-10-39(43(51)52)40(49)17-19-44(53)28-33(22-32-18-20-46-42(45)26-32)23-36(44)27-37-24-34(29-47-37)21-31-12-15-38(48)16-13-31/h11-16,18,24,26,29-30,33,35-36,39-41,46-50,53H,2-10,17,19-23,25,27-28,45H2,1H3,(H,51,52)/t30-,33-,35-,36+,39+,40-,41-,44+/m1/s1. The van der Waals surface area contributed by atoms with E-state index in [2.05, 4.69) is 41.5 Å². The fourth-order valence-electron chi connectivity index (χ4n) is 9.17. The van der Waals surface area contributed by atoms with Gasteiger partial charge in [0.15, 0.2) is 0 Å². The Morgan fingerprint density at radius 1 is 1.00 bits per heavy atom. The summed E-state index contributed by atoms with van der Waals surface area (Å²) in [6.45, 7) is 2.90. The zero-order valence-corrected chi connectivity index (χ0v) is 31.8. The van der Waals surface area contributed by atoms with Crippen molar-refractivity contribution in [2.45, 2.75) is 134 Å². The molecule has 8 atom stereocenters. The van der Waals surface area contributed by atoms with E-state index < -0.39 is 23.6 Å². The second-order valence-electron chi connectivity index (χ2n) is 16.4. The Hall–Kier alpha value is -3.53. The van der Waals surface area contributed by atoms with Crippen LogP contribution in [0.1, 0.15) is 120 Å². The number of phenolic OH excluding ortho intramolecular Hbond substituents is 1. The van der Waals surface area contributed by atoms with Gasteiger partial charge in [0.05, 0.1) is 29.5 Å². The first kappa shape index (κ1) is 40.7. The Labute approximate surface area is 316 Å². The smallest absolute Gasteiger partial charge is 0.309 e. The van der Waals surface area contributed by atoms with Crippen LogP contribution in [-0.4, -0.2) is 60.8 Å². The SMILES string of the molecule is CCCCC[C@@H]1C=C[C@@H](CCCCC[C@H](C(=O)O)[C@H](O)CC[C@]2(O)C[C@H](CC3=CCNC(N)=C3)C[C@H]2Cc2cc(Cc3ccc(O)cc3)c[nH]2)[C@H](O)C1. The van der Waals surface area contributed by atoms with Crippen LogP contribution in [0.15, 0.2) is 72.2 Å². The number of nitrogens with two attached hydrogens (primary N) is 1. The molecule has 0 radical (unpaired) electrons. The number of carboxylic acids is 1. The second-order valence-corrected chi connectivity index (χ2v) is 16.4. The number of aliphatic hydroxyl groups excluding tert-OH is 2. The van der Waals surface area contributed by atoms with Crippen LogP contribution in [0.2, 0.25) is 0 Å². The summed E-state index contributed by atoms with van der Waals surface area (Å²) < 4.78 is 0. The molecule has 53 heavy (non-hydrogen) atoms. The molecule has 2 aromatic rings. The Morgan fingerprint density at radius 2 is 1.79 bits per heavy atom. The number of hydrogen-bond donors (Lipinski definition) is 8. The number of rotatable bonds is 21. The van der Waals surface area contributed by atoms with Crippen molar-refractivity contribution in [1.82, 2.24) is 10.3 Å². The third kappa shape index (κ3) is 12.2. The number of aromatic amines is 1. The van der Waals surface area contributed by atoms with E-state index in [0.717, 1.165) is 73.8 Å². The van der Waals surface area contributed by atoms with Gasteiger partial charge in [0, 0.05) is 24.4 Å². The van der Waals surface area contributed by atoms with E-state index in [9.17, 15) is 30.3 Å². The summed E-state index contributed by atoms with van der Waals surface area (Å²) in [6, 6.07) is 9.36. The van der Waals surface area contributed by atoms with Crippen molar-refractivity contribution in [2.24, 2.45) is 35.3 Å². The van der Waals surface area contributed by atoms with Gasteiger partial charge in [0.1, 0.15) is 5.75 Å². The van der Waals surface area contributed by atoms with Gasteiger partial charge < -0.3 is 41.6 Å². The van der Waals surface area contributed by atoms with Gasteiger partial charge in [0.2, 0.25) is 0 Å². The molecular weight excluding hydrogens is 666 g/mol. The lowest BCUT2D eigenvalue weighted by molar-refractivity contribution is -0.146. The number of H-pyrrole nitrogens is 1. The molecule has 5 rings (SSSR count). The van der Waals surface area contributed by atoms with Gasteiger partial charge in [0.25, 0.3) is 0 Å². The molecule has 1 aliphatic heterocycles. The minimum absolute atomic E-state index is 0.0531. The molecule has 1 fully saturated rings. The van der Waals surface area contributed by atoms with Crippen LogP contribution >= 0.6 is 0 Å². The van der Waals surface area contributed by atoms with E-state index in [1.54, 1.807) is 12.1 Å². The number of aromatic nitrogens is 1. The van der Waals surface area contributed by atoms with Crippen molar-refractivity contribution in [3.8, 4) is 5.75 Å². The number of benzene rings is 1. The number of phenols is 1. The van der Waals surface area contributed by atoms with Gasteiger partial charge in [-0.05, 0) is 129 Å². The van der Waals surface area contributed by atoms with Gasteiger partial charge in [-0.1, -0.05) is 75.8 Å². The third-order valence-corrected chi connectivity index (χ3v) is 12.2. The number of hydrogen-bond acceptors (Lipinski definition) is 7. The van der Waals surface area contributed by atoms with Crippen LogP contribution in [0.5, 0.6) is 5.75 Å². The highest BCUT2D eigenvalue weighted by Gasteiger charge is 2.46. The zero-order valence-electron chi connectivity index (χ0n) is 31.8. The first-order chi connectivity index (χ1) is 25.5. The number of dihydropyridines is 1. The highest BCUT2D eigenvalue weighted by atomic mass is 16.4. The molecule has 0 bridgehead atoms. The molecular formula is C44H65N3O6. The second kappa shape index (κ2) is 19.7. The summed E-state index contributed by atoms with van der Waals surface area (Å²) in [6.07, 6.45) is 22.8. The highest BCUT2D eigenvalue weighted by molar-refractivity contribution is 5.70. The molecule has 9 N–H and O–H groups in total. The van der Waals surface area contributed by atoms with Crippen LogP contribution in [0.4, 0.5) is 0 Å². The van der Waals surface area contributed by atoms with Crippen LogP contribution < -0.4 is 11.1 Å². The molecule has 0 unspecified atom stereocenters. The minimum Gasteiger partial charge on any atom is -0.508 e. The van der Waals surface area contributed by atoms with Crippen LogP contribution in [0.3, 0.4) is 0 Å². The van der Waals surface area contributed by atoms with E-state index in [0.29, 0.717) is 50.4 Å². The number of allylic oxidation sites excluding steroid dienone is 3. The van der Waals surface area contributed by atoms with E-state index in [1.807, 2.05) is 24.4 Å². The summed E-state index contributed by atoms with van der Waals surface area (Å²) in [5.74, 6) is -0.148. The molecule has 1 aromatic carbocycles. The van der Waals surface area contributed by atoms with Gasteiger partial charge in [-0.15, -0.1) is 0 Å². The van der Waals surface area contributed by atoms with Crippen molar-refractivity contribution in [3.63, 3.8) is 0 Å². The number of aromatic hydroxyl groups is 1. The number of carbonyl (C=O) groups is 1. The predicted octanol–water partition coefficient (Wildman–Crippen LogP) is 7.26. The summed E-state index contributed by atoms with van der Waals surface area (Å²) in [5, 5.41) is 57.1. The molecule has 1 saturated carbocycles. The molecule has 9 nitrogen and oxygen atoms in total. The molecule has 2 aliphatic carbocycles. The first-order valence-electron chi connectivity index (χ1n) is 20.3. The van der Waals surface area contributed by atoms with Crippen molar-refractivity contribution in [1.29, 1.82) is 0 Å². The maximum atomic E-state index is 12.3. The largest absolute Gasteiger partial charge is 0.508 e. The van der Waals surface area contributed by atoms with Gasteiger partial charge >= 0.3 is 5.97 Å². The summed E-state index contributed by atoms with van der Waals surface area (Å²) >= 11 is 0. The molecule has 0 spiro atoms. The molecule has 0 amide bonds. The van der Waals surface area contributed by atoms with Gasteiger partial charge in [-0.2, -0.15) is 0 Å². The molecule has 292 valence electrons. The van der Waals surface area contributed by atoms with E-state index in [1.165, 1.54) is 19.3 Å². The van der Waals surface area contributed by atoms with Crippen LogP contribution in [0, 0.1) is 29.6 Å². The molecule has 9 heteroatoms.